The number of carbonyl (C=O) groups is 1. The molecular weight excluding hydrogens is 455 g/mol. The van der Waals surface area contributed by atoms with Crippen LogP contribution in [0.15, 0.2) is 40.2 Å². The maximum Gasteiger partial charge on any atom is 0.251 e. The Morgan fingerprint density at radius 2 is 2.03 bits per heavy atom. The molecule has 10 heteroatoms. The number of amides is 1. The number of pyridine rings is 3. The quantitative estimate of drug-likeness (QED) is 0.579. The summed E-state index contributed by atoms with van der Waals surface area (Å²) < 4.78 is 16.4. The number of hydrogen-bond acceptors (Lipinski definition) is 7. The van der Waals surface area contributed by atoms with Crippen LogP contribution < -0.4 is 16.2 Å². The summed E-state index contributed by atoms with van der Waals surface area (Å²) >= 11 is 1.51. The number of anilines is 1. The lowest BCUT2D eigenvalue weighted by molar-refractivity contribution is -0.113. The predicted octanol–water partition coefficient (Wildman–Crippen LogP) is 2.33. The zero-order valence-electron chi connectivity index (χ0n) is 18.6. The third-order valence-corrected chi connectivity index (χ3v) is 8.02. The van der Waals surface area contributed by atoms with Gasteiger partial charge in [-0.25, -0.2) is 9.37 Å². The minimum absolute atomic E-state index is 0.00917. The molecule has 34 heavy (non-hydrogen) atoms. The van der Waals surface area contributed by atoms with Crippen molar-refractivity contribution in [2.75, 3.05) is 30.7 Å². The zero-order chi connectivity index (χ0) is 23.2. The standard InChI is InChI=1S/C24H25FN6O2S/c25-17-10-27-18-2-4-21(33)31-12-14(22(17)23(18)31)11-30-7-5-15(6-8-30)26-9-16-1-3-19-24(28-16)29-20(32)13-34-19/h1-4,10,14-15,26H,5-9,11-13H2,(H,28,29,32)/t14-/m1/s1. The molecule has 1 amide bonds. The number of nitrogens with one attached hydrogen (secondary N) is 2. The van der Waals surface area contributed by atoms with Gasteiger partial charge in [0, 0.05) is 43.2 Å². The summed E-state index contributed by atoms with van der Waals surface area (Å²) in [6.07, 6.45) is 3.26. The number of fused-ring (bicyclic) bond motifs is 1. The van der Waals surface area contributed by atoms with Crippen LogP contribution in [0.3, 0.4) is 0 Å². The molecule has 8 nitrogen and oxygen atoms in total. The molecule has 6 heterocycles. The predicted molar refractivity (Wildman–Crippen MR) is 129 cm³/mol. The molecule has 3 aliphatic heterocycles. The van der Waals surface area contributed by atoms with Gasteiger partial charge in [0.15, 0.2) is 0 Å². The lowest BCUT2D eigenvalue weighted by atomic mass is 9.98. The van der Waals surface area contributed by atoms with Crippen LogP contribution in [0.5, 0.6) is 0 Å². The van der Waals surface area contributed by atoms with Crippen molar-refractivity contribution in [1.82, 2.24) is 24.8 Å². The van der Waals surface area contributed by atoms with Gasteiger partial charge in [-0.05, 0) is 44.1 Å². The summed E-state index contributed by atoms with van der Waals surface area (Å²) in [5, 5.41) is 6.44. The smallest absolute Gasteiger partial charge is 0.251 e. The Bertz CT molecular complexity index is 1340. The minimum Gasteiger partial charge on any atom is -0.309 e. The molecule has 3 aromatic heterocycles. The van der Waals surface area contributed by atoms with Crippen LogP contribution in [-0.2, 0) is 17.9 Å². The molecule has 0 unspecified atom stereocenters. The van der Waals surface area contributed by atoms with Crippen LogP contribution in [0.25, 0.3) is 11.0 Å². The van der Waals surface area contributed by atoms with Crippen LogP contribution in [0, 0.1) is 5.82 Å². The van der Waals surface area contributed by atoms with Crippen LogP contribution in [0.1, 0.15) is 30.0 Å². The number of nitrogens with zero attached hydrogens (tertiary/aromatic N) is 4. The van der Waals surface area contributed by atoms with Gasteiger partial charge in [-0.2, -0.15) is 0 Å². The summed E-state index contributed by atoms with van der Waals surface area (Å²) in [6.45, 7) is 3.72. The van der Waals surface area contributed by atoms with Gasteiger partial charge >= 0.3 is 0 Å². The van der Waals surface area contributed by atoms with E-state index in [9.17, 15) is 14.0 Å². The van der Waals surface area contributed by atoms with E-state index in [0.29, 0.717) is 47.3 Å². The fourth-order valence-electron chi connectivity index (χ4n) is 5.28. The van der Waals surface area contributed by atoms with E-state index in [1.807, 2.05) is 12.1 Å². The Kier molecular flexibility index (Phi) is 5.59. The molecule has 0 saturated carbocycles. The van der Waals surface area contributed by atoms with Crippen molar-refractivity contribution in [1.29, 1.82) is 0 Å². The van der Waals surface area contributed by atoms with Crippen molar-refractivity contribution < 1.29 is 9.18 Å². The van der Waals surface area contributed by atoms with Gasteiger partial charge in [0.05, 0.1) is 33.6 Å². The van der Waals surface area contributed by atoms with Crippen LogP contribution >= 0.6 is 11.8 Å². The number of hydrogen-bond donors (Lipinski definition) is 2. The van der Waals surface area contributed by atoms with E-state index >= 15 is 0 Å². The molecule has 1 atom stereocenters. The molecule has 0 bridgehead atoms. The Morgan fingerprint density at radius 3 is 2.88 bits per heavy atom. The Labute approximate surface area is 200 Å². The Hall–Kier alpha value is -2.82. The SMILES string of the molecule is O=C1CSc2ccc(CNC3CCN(C[C@@H]4Cn5c(=O)ccc6ncc(F)c4c65)CC3)nc2N1. The molecule has 6 rings (SSSR count). The first-order chi connectivity index (χ1) is 16.5. The summed E-state index contributed by atoms with van der Waals surface area (Å²) in [5.74, 6) is 0.721. The molecule has 176 valence electrons. The molecule has 0 aliphatic carbocycles. The second-order valence-corrected chi connectivity index (χ2v) is 10.2. The summed E-state index contributed by atoms with van der Waals surface area (Å²) in [6, 6.07) is 7.61. The highest BCUT2D eigenvalue weighted by atomic mass is 32.2. The number of halogens is 1. The minimum atomic E-state index is -0.321. The summed E-state index contributed by atoms with van der Waals surface area (Å²) in [7, 11) is 0. The third-order valence-electron chi connectivity index (χ3n) is 6.97. The Balaban J connectivity index is 1.06. The summed E-state index contributed by atoms with van der Waals surface area (Å²) in [5.41, 5.74) is 2.78. The number of carbonyl (C=O) groups excluding carboxylic acids is 1. The van der Waals surface area contributed by atoms with Crippen molar-refractivity contribution in [2.24, 2.45) is 0 Å². The monoisotopic (exact) mass is 480 g/mol. The fourth-order valence-corrected chi connectivity index (χ4v) is 6.03. The fraction of sp³-hybridized carbons (Fsp3) is 0.417. The average Bonchev–Trinajstić information content (AvgIpc) is 3.23. The molecule has 1 saturated heterocycles. The van der Waals surface area contributed by atoms with Gasteiger partial charge in [-0.3, -0.25) is 14.6 Å². The van der Waals surface area contributed by atoms with Crippen molar-refractivity contribution >= 4 is 34.5 Å². The van der Waals surface area contributed by atoms with Gasteiger partial charge < -0.3 is 20.1 Å². The van der Waals surface area contributed by atoms with E-state index < -0.39 is 0 Å². The molecule has 0 radical (unpaired) electrons. The molecule has 3 aromatic rings. The molecule has 0 aromatic carbocycles. The van der Waals surface area contributed by atoms with Gasteiger partial charge in [0.1, 0.15) is 11.6 Å². The van der Waals surface area contributed by atoms with Gasteiger partial charge in [-0.1, -0.05) is 0 Å². The van der Waals surface area contributed by atoms with Crippen molar-refractivity contribution in [3.63, 3.8) is 0 Å². The van der Waals surface area contributed by atoms with Crippen LogP contribution in [0.4, 0.5) is 10.2 Å². The first kappa shape index (κ1) is 21.7. The van der Waals surface area contributed by atoms with E-state index in [-0.39, 0.29) is 23.2 Å². The second-order valence-electron chi connectivity index (χ2n) is 9.17. The van der Waals surface area contributed by atoms with E-state index in [4.69, 9.17) is 0 Å². The van der Waals surface area contributed by atoms with E-state index in [1.54, 1.807) is 10.6 Å². The lowest BCUT2D eigenvalue weighted by Gasteiger charge is -2.34. The van der Waals surface area contributed by atoms with E-state index in [2.05, 4.69) is 25.5 Å². The highest BCUT2D eigenvalue weighted by Crippen LogP contribution is 2.34. The van der Waals surface area contributed by atoms with Gasteiger partial charge in [0.25, 0.3) is 5.56 Å². The topological polar surface area (TPSA) is 92.2 Å². The number of thioether (sulfide) groups is 1. The molecule has 2 N–H and O–H groups in total. The maximum absolute atomic E-state index is 14.7. The van der Waals surface area contributed by atoms with Crippen LogP contribution in [0.2, 0.25) is 0 Å². The maximum atomic E-state index is 14.7. The second kappa shape index (κ2) is 8.75. The summed E-state index contributed by atoms with van der Waals surface area (Å²) in [4.78, 5) is 36.1. The highest BCUT2D eigenvalue weighted by Gasteiger charge is 2.31. The molecular formula is C24H25FN6O2S. The number of piperidine rings is 1. The number of likely N-dealkylation sites (tertiary alicyclic amines) is 1. The number of rotatable bonds is 5. The van der Waals surface area contributed by atoms with E-state index in [0.717, 1.165) is 43.1 Å². The molecule has 1 fully saturated rings. The van der Waals surface area contributed by atoms with Gasteiger partial charge in [0.2, 0.25) is 5.91 Å². The first-order valence-electron chi connectivity index (χ1n) is 11.6. The first-order valence-corrected chi connectivity index (χ1v) is 12.6. The lowest BCUT2D eigenvalue weighted by Crippen LogP contribution is -2.43. The molecule has 3 aliphatic rings. The van der Waals surface area contributed by atoms with E-state index in [1.165, 1.54) is 24.0 Å². The Morgan fingerprint density at radius 1 is 1.18 bits per heavy atom. The normalized spacial score (nSPS) is 20.5. The van der Waals surface area contributed by atoms with Crippen molar-refractivity contribution in [3.05, 3.63) is 57.9 Å². The third kappa shape index (κ3) is 3.99. The van der Waals surface area contributed by atoms with Gasteiger partial charge in [-0.15, -0.1) is 11.8 Å². The molecule has 0 spiro atoms. The van der Waals surface area contributed by atoms with Crippen molar-refractivity contribution in [2.45, 2.75) is 42.8 Å². The van der Waals surface area contributed by atoms with Crippen molar-refractivity contribution in [3.8, 4) is 0 Å². The largest absolute Gasteiger partial charge is 0.309 e. The highest BCUT2D eigenvalue weighted by molar-refractivity contribution is 8.00. The van der Waals surface area contributed by atoms with Crippen LogP contribution in [-0.4, -0.2) is 56.8 Å². The number of aromatic nitrogens is 3. The zero-order valence-corrected chi connectivity index (χ0v) is 19.4. The average molecular weight is 481 g/mol.